The van der Waals surface area contributed by atoms with Gasteiger partial charge in [0, 0.05) is 5.56 Å². The molecule has 0 bridgehead atoms. The maximum absolute atomic E-state index is 12.2. The number of carboxylic acid groups (broad SMARTS) is 1. The summed E-state index contributed by atoms with van der Waals surface area (Å²) in [5.74, 6) is -1.47. The van der Waals surface area contributed by atoms with Crippen molar-refractivity contribution in [2.45, 2.75) is 46.1 Å². The van der Waals surface area contributed by atoms with Gasteiger partial charge in [0.15, 0.2) is 0 Å². The van der Waals surface area contributed by atoms with Gasteiger partial charge >= 0.3 is 5.97 Å². The van der Waals surface area contributed by atoms with E-state index in [-0.39, 0.29) is 11.8 Å². The molecule has 1 aromatic carbocycles. The molecule has 0 fully saturated rings. The number of nitriles is 1. The molecule has 1 atom stereocenters. The monoisotopic (exact) mass is 302 g/mol. The van der Waals surface area contributed by atoms with Crippen molar-refractivity contribution in [3.05, 3.63) is 35.4 Å². The van der Waals surface area contributed by atoms with Crippen molar-refractivity contribution in [2.75, 3.05) is 0 Å². The molecule has 1 unspecified atom stereocenters. The summed E-state index contributed by atoms with van der Waals surface area (Å²) in [4.78, 5) is 23.5. The predicted octanol–water partition coefficient (Wildman–Crippen LogP) is 2.76. The van der Waals surface area contributed by atoms with Crippen LogP contribution in [0.1, 0.15) is 49.5 Å². The number of carboxylic acids is 1. The first-order valence-electron chi connectivity index (χ1n) is 7.22. The fourth-order valence-electron chi connectivity index (χ4n) is 1.99. The van der Waals surface area contributed by atoms with Crippen molar-refractivity contribution >= 4 is 11.9 Å². The average Bonchev–Trinajstić information content (AvgIpc) is 2.42. The van der Waals surface area contributed by atoms with Crippen LogP contribution in [0.2, 0.25) is 0 Å². The smallest absolute Gasteiger partial charge is 0.326 e. The van der Waals surface area contributed by atoms with Crippen molar-refractivity contribution in [1.29, 1.82) is 5.26 Å². The minimum absolute atomic E-state index is 0.00510. The third-order valence-electron chi connectivity index (χ3n) is 3.26. The van der Waals surface area contributed by atoms with Gasteiger partial charge in [-0.05, 0) is 36.0 Å². The Hall–Kier alpha value is -2.35. The summed E-state index contributed by atoms with van der Waals surface area (Å²) in [6, 6.07) is 7.78. The van der Waals surface area contributed by atoms with Crippen LogP contribution in [0.5, 0.6) is 0 Å². The average molecular weight is 302 g/mol. The highest BCUT2D eigenvalue weighted by atomic mass is 16.4. The molecule has 0 aliphatic carbocycles. The number of rotatable bonds is 6. The molecule has 0 aliphatic rings. The lowest BCUT2D eigenvalue weighted by Gasteiger charge is -2.21. The van der Waals surface area contributed by atoms with E-state index < -0.39 is 17.9 Å². The van der Waals surface area contributed by atoms with Gasteiger partial charge in [0.1, 0.15) is 6.04 Å². The van der Waals surface area contributed by atoms with Crippen LogP contribution in [0.4, 0.5) is 0 Å². The lowest BCUT2D eigenvalue weighted by Crippen LogP contribution is -2.41. The fraction of sp³-hybridized carbons (Fsp3) is 0.471. The summed E-state index contributed by atoms with van der Waals surface area (Å²) < 4.78 is 0. The van der Waals surface area contributed by atoms with Crippen LogP contribution in [-0.2, 0) is 11.2 Å². The molecule has 0 saturated heterocycles. The molecule has 1 rings (SSSR count). The number of benzene rings is 1. The van der Waals surface area contributed by atoms with Crippen LogP contribution >= 0.6 is 0 Å². The first-order chi connectivity index (χ1) is 10.2. The van der Waals surface area contributed by atoms with Gasteiger partial charge in [-0.15, -0.1) is 0 Å². The minimum Gasteiger partial charge on any atom is -0.480 e. The van der Waals surface area contributed by atoms with Gasteiger partial charge in [-0.1, -0.05) is 32.9 Å². The van der Waals surface area contributed by atoms with Gasteiger partial charge in [-0.2, -0.15) is 5.26 Å². The molecule has 5 nitrogen and oxygen atoms in total. The number of aliphatic carboxylic acids is 1. The number of hydrogen-bond acceptors (Lipinski definition) is 3. The third kappa shape index (κ3) is 5.96. The van der Waals surface area contributed by atoms with E-state index in [1.165, 1.54) is 0 Å². The molecule has 0 spiro atoms. The van der Waals surface area contributed by atoms with E-state index in [1.54, 1.807) is 24.3 Å². The molecule has 2 N–H and O–H groups in total. The summed E-state index contributed by atoms with van der Waals surface area (Å²) in [7, 11) is 0. The lowest BCUT2D eigenvalue weighted by molar-refractivity contribution is -0.139. The Morgan fingerprint density at radius 1 is 1.36 bits per heavy atom. The van der Waals surface area contributed by atoms with Crippen molar-refractivity contribution < 1.29 is 14.7 Å². The molecular weight excluding hydrogens is 280 g/mol. The van der Waals surface area contributed by atoms with Gasteiger partial charge in [0.2, 0.25) is 0 Å². The largest absolute Gasteiger partial charge is 0.480 e. The number of carbonyl (C=O) groups excluding carboxylic acids is 1. The fourth-order valence-corrected chi connectivity index (χ4v) is 1.99. The molecule has 0 saturated carbocycles. The number of nitrogens with one attached hydrogen (secondary N) is 1. The van der Waals surface area contributed by atoms with Crippen LogP contribution in [-0.4, -0.2) is 23.0 Å². The summed E-state index contributed by atoms with van der Waals surface area (Å²) in [5, 5.41) is 20.5. The Morgan fingerprint density at radius 2 is 2.05 bits per heavy atom. The zero-order valence-corrected chi connectivity index (χ0v) is 13.2. The van der Waals surface area contributed by atoms with E-state index in [1.807, 2.05) is 26.8 Å². The number of carbonyl (C=O) groups is 2. The summed E-state index contributed by atoms with van der Waals surface area (Å²) in [6.45, 7) is 6.08. The maximum Gasteiger partial charge on any atom is 0.326 e. The van der Waals surface area contributed by atoms with Crippen molar-refractivity contribution in [3.63, 3.8) is 0 Å². The van der Waals surface area contributed by atoms with E-state index >= 15 is 0 Å². The van der Waals surface area contributed by atoms with E-state index in [4.69, 9.17) is 5.26 Å². The Bertz CT molecular complexity index is 582. The molecular formula is C17H22N2O3. The molecule has 0 radical (unpaired) electrons. The molecule has 1 aromatic rings. The zero-order chi connectivity index (χ0) is 16.8. The van der Waals surface area contributed by atoms with Crippen LogP contribution in [0, 0.1) is 16.7 Å². The van der Waals surface area contributed by atoms with Gasteiger partial charge in [0.05, 0.1) is 12.5 Å². The number of nitrogens with zero attached hydrogens (tertiary/aromatic N) is 1. The molecule has 22 heavy (non-hydrogen) atoms. The van der Waals surface area contributed by atoms with E-state index in [0.29, 0.717) is 18.4 Å². The van der Waals surface area contributed by atoms with Gasteiger partial charge in [-0.25, -0.2) is 4.79 Å². The van der Waals surface area contributed by atoms with Crippen LogP contribution < -0.4 is 5.32 Å². The first kappa shape index (κ1) is 17.7. The number of amides is 1. The highest BCUT2D eigenvalue weighted by Crippen LogP contribution is 2.21. The van der Waals surface area contributed by atoms with E-state index in [9.17, 15) is 14.7 Å². The van der Waals surface area contributed by atoms with Crippen LogP contribution in [0.15, 0.2) is 24.3 Å². The first-order valence-corrected chi connectivity index (χ1v) is 7.22. The molecule has 118 valence electrons. The molecule has 5 heteroatoms. The molecule has 0 heterocycles. The second kappa shape index (κ2) is 7.60. The zero-order valence-electron chi connectivity index (χ0n) is 13.2. The van der Waals surface area contributed by atoms with Crippen molar-refractivity contribution in [3.8, 4) is 6.07 Å². The highest BCUT2D eigenvalue weighted by Gasteiger charge is 2.23. The number of hydrogen-bond donors (Lipinski definition) is 2. The molecule has 1 amide bonds. The van der Waals surface area contributed by atoms with Gasteiger partial charge in [0.25, 0.3) is 5.91 Å². The van der Waals surface area contributed by atoms with E-state index in [2.05, 4.69) is 5.32 Å². The van der Waals surface area contributed by atoms with Crippen LogP contribution in [0.3, 0.4) is 0 Å². The Labute approximate surface area is 131 Å². The standard InChI is InChI=1S/C17H22N2O3/c1-17(2,3)9-7-14(16(21)22)19-15(20)13-6-4-5-12(11-13)8-10-18/h4-6,11,14H,7-9H2,1-3H3,(H,19,20)(H,21,22). The molecule has 0 aliphatic heterocycles. The predicted molar refractivity (Wildman–Crippen MR) is 83.3 cm³/mol. The van der Waals surface area contributed by atoms with Crippen LogP contribution in [0.25, 0.3) is 0 Å². The van der Waals surface area contributed by atoms with Gasteiger partial charge in [-0.3, -0.25) is 4.79 Å². The lowest BCUT2D eigenvalue weighted by atomic mass is 9.88. The van der Waals surface area contributed by atoms with Crippen molar-refractivity contribution in [2.24, 2.45) is 5.41 Å². The summed E-state index contributed by atoms with van der Waals surface area (Å²) in [5.41, 5.74) is 1.11. The summed E-state index contributed by atoms with van der Waals surface area (Å²) >= 11 is 0. The molecule has 0 aromatic heterocycles. The summed E-state index contributed by atoms with van der Waals surface area (Å²) in [6.07, 6.45) is 1.29. The second-order valence-electron chi connectivity index (χ2n) is 6.50. The minimum atomic E-state index is -1.04. The SMILES string of the molecule is CC(C)(C)CCC(NC(=O)c1cccc(CC#N)c1)C(=O)O. The van der Waals surface area contributed by atoms with Crippen molar-refractivity contribution in [1.82, 2.24) is 5.32 Å². The Kier molecular flexibility index (Phi) is 6.11. The maximum atomic E-state index is 12.2. The van der Waals surface area contributed by atoms with Gasteiger partial charge < -0.3 is 10.4 Å². The highest BCUT2D eigenvalue weighted by molar-refractivity contribution is 5.96. The second-order valence-corrected chi connectivity index (χ2v) is 6.50. The Morgan fingerprint density at radius 3 is 2.59 bits per heavy atom. The normalized spacial score (nSPS) is 12.3. The topological polar surface area (TPSA) is 90.2 Å². The quantitative estimate of drug-likeness (QED) is 0.845. The van der Waals surface area contributed by atoms with E-state index in [0.717, 1.165) is 5.56 Å². The Balaban J connectivity index is 2.77. The third-order valence-corrected chi connectivity index (χ3v) is 3.26.